The molecule has 0 aliphatic carbocycles. The molecule has 0 atom stereocenters. The molecule has 7 nitrogen and oxygen atoms in total. The summed E-state index contributed by atoms with van der Waals surface area (Å²) in [5.41, 5.74) is 2.27. The lowest BCUT2D eigenvalue weighted by Gasteiger charge is -2.21. The van der Waals surface area contributed by atoms with E-state index in [0.29, 0.717) is 45.6 Å². The SMILES string of the molecule is NS(=O)(=O)CCCCN1CCN(Cc2ccc(OCc3ccccc3)cc2)CC(=O)C1. The molecule has 0 amide bonds. The van der Waals surface area contributed by atoms with Crippen LogP contribution in [0, 0.1) is 0 Å². The smallest absolute Gasteiger partial charge is 0.209 e. The molecule has 3 rings (SSSR count). The number of rotatable bonds is 10. The first-order valence-electron chi connectivity index (χ1n) is 10.6. The fourth-order valence-electron chi connectivity index (χ4n) is 3.64. The monoisotopic (exact) mass is 445 g/mol. The van der Waals surface area contributed by atoms with Gasteiger partial charge in [0.1, 0.15) is 12.4 Å². The van der Waals surface area contributed by atoms with Crippen LogP contribution in [0.2, 0.25) is 0 Å². The van der Waals surface area contributed by atoms with E-state index in [4.69, 9.17) is 9.88 Å². The quantitative estimate of drug-likeness (QED) is 0.563. The van der Waals surface area contributed by atoms with Crippen molar-refractivity contribution in [2.45, 2.75) is 26.0 Å². The number of nitrogens with two attached hydrogens (primary N) is 1. The number of carbonyl (C=O) groups is 1. The number of hydrogen-bond acceptors (Lipinski definition) is 6. The summed E-state index contributed by atoms with van der Waals surface area (Å²) in [6, 6.07) is 18.1. The number of hydrogen-bond donors (Lipinski definition) is 1. The largest absolute Gasteiger partial charge is 0.489 e. The summed E-state index contributed by atoms with van der Waals surface area (Å²) in [4.78, 5) is 16.6. The van der Waals surface area contributed by atoms with Gasteiger partial charge < -0.3 is 4.74 Å². The second-order valence-electron chi connectivity index (χ2n) is 8.02. The summed E-state index contributed by atoms with van der Waals surface area (Å²) in [6.45, 7) is 4.39. The Hall–Kier alpha value is -2.26. The summed E-state index contributed by atoms with van der Waals surface area (Å²) in [5, 5.41) is 5.04. The van der Waals surface area contributed by atoms with Crippen molar-refractivity contribution in [2.75, 3.05) is 38.5 Å². The number of Topliss-reactive ketones (excluding diaryl/α,β-unsaturated/α-hetero) is 1. The van der Waals surface area contributed by atoms with E-state index in [9.17, 15) is 13.2 Å². The van der Waals surface area contributed by atoms with Gasteiger partial charge in [0.05, 0.1) is 18.8 Å². The first-order chi connectivity index (χ1) is 14.9. The lowest BCUT2D eigenvalue weighted by molar-refractivity contribution is -0.120. The third-order valence-electron chi connectivity index (χ3n) is 5.26. The van der Waals surface area contributed by atoms with Crippen LogP contribution in [-0.2, 0) is 28.0 Å². The van der Waals surface area contributed by atoms with Gasteiger partial charge >= 0.3 is 0 Å². The van der Waals surface area contributed by atoms with E-state index in [1.54, 1.807) is 0 Å². The predicted octanol–water partition coefficient (Wildman–Crippen LogP) is 2.02. The summed E-state index contributed by atoms with van der Waals surface area (Å²) >= 11 is 0. The van der Waals surface area contributed by atoms with Crippen molar-refractivity contribution >= 4 is 15.8 Å². The Balaban J connectivity index is 1.43. The molecule has 31 heavy (non-hydrogen) atoms. The molecule has 0 spiro atoms. The molecule has 1 aliphatic rings. The third kappa shape index (κ3) is 8.78. The molecule has 2 aromatic carbocycles. The zero-order chi connectivity index (χ0) is 22.1. The van der Waals surface area contributed by atoms with Crippen molar-refractivity contribution in [1.29, 1.82) is 0 Å². The minimum Gasteiger partial charge on any atom is -0.489 e. The Labute approximate surface area is 184 Å². The lowest BCUT2D eigenvalue weighted by atomic mass is 10.2. The predicted molar refractivity (Wildman–Crippen MR) is 121 cm³/mol. The van der Waals surface area contributed by atoms with E-state index < -0.39 is 10.0 Å². The topological polar surface area (TPSA) is 92.9 Å². The molecule has 1 fully saturated rings. The molecule has 0 radical (unpaired) electrons. The van der Waals surface area contributed by atoms with E-state index in [0.717, 1.165) is 30.0 Å². The highest BCUT2D eigenvalue weighted by Gasteiger charge is 2.20. The van der Waals surface area contributed by atoms with Gasteiger partial charge in [0.2, 0.25) is 10.0 Å². The number of unbranched alkanes of at least 4 members (excludes halogenated alkanes) is 1. The van der Waals surface area contributed by atoms with E-state index in [2.05, 4.69) is 9.80 Å². The van der Waals surface area contributed by atoms with Crippen molar-refractivity contribution in [3.8, 4) is 5.75 Å². The molecule has 1 aliphatic heterocycles. The maximum atomic E-state index is 12.3. The second kappa shape index (κ2) is 11.4. The molecule has 1 heterocycles. The van der Waals surface area contributed by atoms with Gasteiger partial charge in [0.25, 0.3) is 0 Å². The normalized spacial score (nSPS) is 16.2. The van der Waals surface area contributed by atoms with Crippen LogP contribution in [0.15, 0.2) is 54.6 Å². The Kier molecular flexibility index (Phi) is 8.60. The number of primary sulfonamides is 1. The van der Waals surface area contributed by atoms with Gasteiger partial charge in [-0.2, -0.15) is 0 Å². The van der Waals surface area contributed by atoms with Crippen molar-refractivity contribution in [3.05, 3.63) is 65.7 Å². The molecular weight excluding hydrogens is 414 g/mol. The van der Waals surface area contributed by atoms with Crippen LogP contribution in [-0.4, -0.2) is 62.5 Å². The van der Waals surface area contributed by atoms with Crippen LogP contribution in [0.1, 0.15) is 24.0 Å². The number of ketones is 1. The van der Waals surface area contributed by atoms with Crippen molar-refractivity contribution in [3.63, 3.8) is 0 Å². The van der Waals surface area contributed by atoms with Crippen molar-refractivity contribution in [2.24, 2.45) is 5.14 Å². The molecule has 0 unspecified atom stereocenters. The maximum absolute atomic E-state index is 12.3. The molecule has 8 heteroatoms. The van der Waals surface area contributed by atoms with E-state index in [1.165, 1.54) is 0 Å². The van der Waals surface area contributed by atoms with E-state index >= 15 is 0 Å². The summed E-state index contributed by atoms with van der Waals surface area (Å²) in [5.74, 6) is 1.00. The number of benzene rings is 2. The number of nitrogens with zero attached hydrogens (tertiary/aromatic N) is 2. The number of ether oxygens (including phenoxy) is 1. The highest BCUT2D eigenvalue weighted by atomic mass is 32.2. The van der Waals surface area contributed by atoms with Crippen LogP contribution >= 0.6 is 0 Å². The minimum atomic E-state index is -3.41. The van der Waals surface area contributed by atoms with Gasteiger partial charge in [0, 0.05) is 19.6 Å². The molecule has 0 saturated carbocycles. The molecule has 0 aromatic heterocycles. The molecule has 168 valence electrons. The highest BCUT2D eigenvalue weighted by molar-refractivity contribution is 7.89. The van der Waals surface area contributed by atoms with Gasteiger partial charge in [-0.15, -0.1) is 0 Å². The number of carbonyl (C=O) groups excluding carboxylic acids is 1. The fourth-order valence-corrected chi connectivity index (χ4v) is 4.25. The first-order valence-corrected chi connectivity index (χ1v) is 12.3. The van der Waals surface area contributed by atoms with Crippen LogP contribution in [0.3, 0.4) is 0 Å². The average molecular weight is 446 g/mol. The Bertz CT molecular complexity index is 933. The van der Waals surface area contributed by atoms with Crippen LogP contribution in [0.25, 0.3) is 0 Å². The Morgan fingerprint density at radius 1 is 0.871 bits per heavy atom. The standard InChI is InChI=1S/C23H31N3O4S/c24-31(28,29)15-5-4-12-25-13-14-26(18-22(27)17-25)16-20-8-10-23(11-9-20)30-19-21-6-2-1-3-7-21/h1-3,6-11H,4-5,12-19H2,(H2,24,28,29). The summed E-state index contributed by atoms with van der Waals surface area (Å²) < 4.78 is 27.9. The van der Waals surface area contributed by atoms with Crippen molar-refractivity contribution in [1.82, 2.24) is 9.80 Å². The van der Waals surface area contributed by atoms with E-state index in [1.807, 2.05) is 54.6 Å². The lowest BCUT2D eigenvalue weighted by Crippen LogP contribution is -2.31. The van der Waals surface area contributed by atoms with Gasteiger partial charge in [0.15, 0.2) is 5.78 Å². The fraction of sp³-hybridized carbons (Fsp3) is 0.435. The van der Waals surface area contributed by atoms with Crippen molar-refractivity contribution < 1.29 is 17.9 Å². The highest BCUT2D eigenvalue weighted by Crippen LogP contribution is 2.16. The van der Waals surface area contributed by atoms with Crippen LogP contribution < -0.4 is 9.88 Å². The minimum absolute atomic E-state index is 0.00797. The van der Waals surface area contributed by atoms with Crippen LogP contribution in [0.4, 0.5) is 0 Å². The molecule has 0 bridgehead atoms. The average Bonchev–Trinajstić information content (AvgIpc) is 2.91. The van der Waals surface area contributed by atoms with Gasteiger partial charge in [-0.3, -0.25) is 14.6 Å². The third-order valence-corrected chi connectivity index (χ3v) is 6.12. The zero-order valence-electron chi connectivity index (χ0n) is 17.8. The van der Waals surface area contributed by atoms with Gasteiger partial charge in [-0.1, -0.05) is 42.5 Å². The Morgan fingerprint density at radius 3 is 2.26 bits per heavy atom. The maximum Gasteiger partial charge on any atom is 0.209 e. The van der Waals surface area contributed by atoms with Crippen LogP contribution in [0.5, 0.6) is 5.75 Å². The van der Waals surface area contributed by atoms with E-state index in [-0.39, 0.29) is 11.5 Å². The number of sulfonamides is 1. The molecule has 1 saturated heterocycles. The molecular formula is C23H31N3O4S. The summed E-state index contributed by atoms with van der Waals surface area (Å²) in [6.07, 6.45) is 1.24. The zero-order valence-corrected chi connectivity index (χ0v) is 18.6. The first kappa shape index (κ1) is 23.4. The van der Waals surface area contributed by atoms with Gasteiger partial charge in [-0.25, -0.2) is 13.6 Å². The molecule has 2 N–H and O–H groups in total. The Morgan fingerprint density at radius 2 is 1.55 bits per heavy atom. The summed E-state index contributed by atoms with van der Waals surface area (Å²) in [7, 11) is -3.41. The second-order valence-corrected chi connectivity index (χ2v) is 9.75. The molecule has 2 aromatic rings. The van der Waals surface area contributed by atoms with Gasteiger partial charge in [-0.05, 0) is 42.6 Å².